The lowest BCUT2D eigenvalue weighted by Crippen LogP contribution is -2.26. The van der Waals surface area contributed by atoms with Gasteiger partial charge in [-0.1, -0.05) is 55.5 Å². The van der Waals surface area contributed by atoms with E-state index in [1.165, 1.54) is 17.2 Å². The average Bonchev–Trinajstić information content (AvgIpc) is 2.14. The van der Waals surface area contributed by atoms with Crippen molar-refractivity contribution >= 4 is 8.07 Å². The molecule has 0 aliphatic carbocycles. The third-order valence-corrected chi connectivity index (χ3v) is 4.57. The van der Waals surface area contributed by atoms with Crippen LogP contribution in [0.4, 0.5) is 0 Å². The van der Waals surface area contributed by atoms with Crippen molar-refractivity contribution in [2.45, 2.75) is 39.0 Å². The number of benzene rings is 1. The summed E-state index contributed by atoms with van der Waals surface area (Å²) in [5.41, 5.74) is 2.67. The molecule has 0 saturated heterocycles. The Morgan fingerprint density at radius 2 is 1.94 bits per heavy atom. The Hall–Kier alpha value is -0.603. The highest BCUT2D eigenvalue weighted by Gasteiger charge is 2.20. The van der Waals surface area contributed by atoms with E-state index in [9.17, 15) is 5.11 Å². The van der Waals surface area contributed by atoms with Crippen LogP contribution in [-0.4, -0.2) is 19.8 Å². The second kappa shape index (κ2) is 5.64. The van der Waals surface area contributed by atoms with Gasteiger partial charge in [-0.15, -0.1) is 0 Å². The molecular formula is C14H24OSi. The molecule has 1 aromatic rings. The molecule has 0 saturated carbocycles. The predicted octanol–water partition coefficient (Wildman–Crippen LogP) is 3.48. The summed E-state index contributed by atoms with van der Waals surface area (Å²) in [6, 6.07) is 9.83. The molecule has 1 rings (SSSR count). The Morgan fingerprint density at radius 3 is 2.44 bits per heavy atom. The van der Waals surface area contributed by atoms with Gasteiger partial charge in [0.15, 0.2) is 0 Å². The number of hydrogen-bond acceptors (Lipinski definition) is 1. The van der Waals surface area contributed by atoms with E-state index in [-0.39, 0.29) is 0 Å². The van der Waals surface area contributed by atoms with Gasteiger partial charge in [0.1, 0.15) is 0 Å². The first-order valence-corrected chi connectivity index (χ1v) is 9.78. The van der Waals surface area contributed by atoms with Gasteiger partial charge in [0, 0.05) is 14.7 Å². The fraction of sp³-hybridized carbons (Fsp3) is 0.571. The maximum Gasteiger partial charge on any atom is 0.0459 e. The molecule has 1 nitrogen and oxygen atoms in total. The number of aryl methyl sites for hydroxylation is 1. The predicted molar refractivity (Wildman–Crippen MR) is 73.6 cm³/mol. The standard InChI is InChI=1S/C14H24OSi/c1-12-6-5-7-13(8-12)9-14(10-15)11-16(2,3)4/h5-8,14-15H,9-11H2,1-4H3. The summed E-state index contributed by atoms with van der Waals surface area (Å²) in [7, 11) is -1.07. The van der Waals surface area contributed by atoms with Gasteiger partial charge in [0.25, 0.3) is 0 Å². The first kappa shape index (κ1) is 13.5. The average molecular weight is 236 g/mol. The molecule has 0 heterocycles. The second-order valence-electron chi connectivity index (χ2n) is 6.01. The van der Waals surface area contributed by atoms with Gasteiger partial charge in [0.05, 0.1) is 0 Å². The van der Waals surface area contributed by atoms with Crippen LogP contribution in [0.1, 0.15) is 11.1 Å². The maximum atomic E-state index is 9.44. The molecule has 0 fully saturated rings. The number of hydrogen-bond donors (Lipinski definition) is 1. The molecule has 0 aliphatic rings. The zero-order valence-corrected chi connectivity index (χ0v) is 12.0. The van der Waals surface area contributed by atoms with Gasteiger partial charge in [-0.05, 0) is 24.8 Å². The minimum absolute atomic E-state index is 0.318. The lowest BCUT2D eigenvalue weighted by atomic mass is 10.0. The summed E-state index contributed by atoms with van der Waals surface area (Å²) in [5.74, 6) is 0.438. The van der Waals surface area contributed by atoms with Crippen LogP contribution < -0.4 is 0 Å². The van der Waals surface area contributed by atoms with E-state index in [2.05, 4.69) is 50.8 Å². The molecule has 0 radical (unpaired) electrons. The topological polar surface area (TPSA) is 20.2 Å². The number of aliphatic hydroxyl groups excluding tert-OH is 1. The van der Waals surface area contributed by atoms with Gasteiger partial charge < -0.3 is 5.11 Å². The van der Waals surface area contributed by atoms with Crippen molar-refractivity contribution in [3.05, 3.63) is 35.4 Å². The van der Waals surface area contributed by atoms with Gasteiger partial charge >= 0.3 is 0 Å². The summed E-state index contributed by atoms with van der Waals surface area (Å²) < 4.78 is 0. The number of aliphatic hydroxyl groups is 1. The largest absolute Gasteiger partial charge is 0.396 e. The summed E-state index contributed by atoms with van der Waals surface area (Å²) in [4.78, 5) is 0. The molecule has 2 heteroatoms. The highest BCUT2D eigenvalue weighted by atomic mass is 28.3. The van der Waals surface area contributed by atoms with Crippen LogP contribution in [0, 0.1) is 12.8 Å². The first-order valence-electron chi connectivity index (χ1n) is 6.07. The van der Waals surface area contributed by atoms with Gasteiger partial charge in [0.2, 0.25) is 0 Å². The van der Waals surface area contributed by atoms with Crippen molar-refractivity contribution < 1.29 is 5.11 Å². The lowest BCUT2D eigenvalue weighted by molar-refractivity contribution is 0.236. The summed E-state index contributed by atoms with van der Waals surface area (Å²) in [5, 5.41) is 9.44. The Bertz CT molecular complexity index is 328. The smallest absolute Gasteiger partial charge is 0.0459 e. The molecule has 16 heavy (non-hydrogen) atoms. The highest BCUT2D eigenvalue weighted by Crippen LogP contribution is 2.20. The zero-order valence-electron chi connectivity index (χ0n) is 11.0. The summed E-state index contributed by atoms with van der Waals surface area (Å²) >= 11 is 0. The molecule has 0 aliphatic heterocycles. The van der Waals surface area contributed by atoms with Crippen molar-refractivity contribution in [3.63, 3.8) is 0 Å². The molecule has 0 spiro atoms. The van der Waals surface area contributed by atoms with Crippen LogP contribution in [0.2, 0.25) is 25.7 Å². The number of rotatable bonds is 5. The Balaban J connectivity index is 2.63. The molecule has 0 aromatic heterocycles. The summed E-state index contributed by atoms with van der Waals surface area (Å²) in [6.45, 7) is 9.54. The van der Waals surface area contributed by atoms with Gasteiger partial charge in [-0.25, -0.2) is 0 Å². The van der Waals surface area contributed by atoms with Crippen LogP contribution in [0.3, 0.4) is 0 Å². The van der Waals surface area contributed by atoms with E-state index in [1.54, 1.807) is 0 Å². The van der Waals surface area contributed by atoms with E-state index in [4.69, 9.17) is 0 Å². The van der Waals surface area contributed by atoms with Crippen LogP contribution in [-0.2, 0) is 6.42 Å². The Kier molecular flexibility index (Phi) is 4.75. The lowest BCUT2D eigenvalue weighted by Gasteiger charge is -2.23. The monoisotopic (exact) mass is 236 g/mol. The first-order chi connectivity index (χ1) is 7.40. The molecule has 0 bridgehead atoms. The van der Waals surface area contributed by atoms with E-state index >= 15 is 0 Å². The molecule has 0 amide bonds. The SMILES string of the molecule is Cc1cccc(CC(CO)C[Si](C)(C)C)c1. The minimum Gasteiger partial charge on any atom is -0.396 e. The van der Waals surface area contributed by atoms with E-state index in [0.29, 0.717) is 12.5 Å². The molecule has 1 unspecified atom stereocenters. The maximum absolute atomic E-state index is 9.44. The quantitative estimate of drug-likeness (QED) is 0.776. The van der Waals surface area contributed by atoms with Crippen LogP contribution in [0.5, 0.6) is 0 Å². The Labute approximate surface area is 101 Å². The Morgan fingerprint density at radius 1 is 1.25 bits per heavy atom. The van der Waals surface area contributed by atoms with Gasteiger partial charge in [-0.2, -0.15) is 0 Å². The molecular weight excluding hydrogens is 212 g/mol. The van der Waals surface area contributed by atoms with Crippen molar-refractivity contribution in [1.82, 2.24) is 0 Å². The minimum atomic E-state index is -1.07. The van der Waals surface area contributed by atoms with Crippen molar-refractivity contribution in [2.24, 2.45) is 5.92 Å². The molecule has 1 N–H and O–H groups in total. The molecule has 1 atom stereocenters. The molecule has 1 aromatic carbocycles. The normalized spacial score (nSPS) is 13.8. The zero-order chi connectivity index (χ0) is 12.2. The third-order valence-electron chi connectivity index (χ3n) is 2.77. The van der Waals surface area contributed by atoms with Crippen molar-refractivity contribution in [1.29, 1.82) is 0 Å². The second-order valence-corrected chi connectivity index (χ2v) is 11.5. The fourth-order valence-corrected chi connectivity index (χ4v) is 4.25. The molecule has 90 valence electrons. The van der Waals surface area contributed by atoms with E-state index < -0.39 is 8.07 Å². The van der Waals surface area contributed by atoms with Gasteiger partial charge in [-0.3, -0.25) is 0 Å². The van der Waals surface area contributed by atoms with Crippen LogP contribution >= 0.6 is 0 Å². The summed E-state index contributed by atoms with van der Waals surface area (Å²) in [6.07, 6.45) is 1.02. The van der Waals surface area contributed by atoms with Crippen molar-refractivity contribution in [2.75, 3.05) is 6.61 Å². The van der Waals surface area contributed by atoms with Crippen LogP contribution in [0.15, 0.2) is 24.3 Å². The van der Waals surface area contributed by atoms with Crippen LogP contribution in [0.25, 0.3) is 0 Å². The fourth-order valence-electron chi connectivity index (χ4n) is 2.24. The van der Waals surface area contributed by atoms with Crippen molar-refractivity contribution in [3.8, 4) is 0 Å². The van der Waals surface area contributed by atoms with E-state index in [0.717, 1.165) is 6.42 Å². The van der Waals surface area contributed by atoms with E-state index in [1.807, 2.05) is 0 Å². The highest BCUT2D eigenvalue weighted by molar-refractivity contribution is 6.76. The third kappa shape index (κ3) is 4.95.